The van der Waals surface area contributed by atoms with Crippen LogP contribution in [-0.4, -0.2) is 29.7 Å². The van der Waals surface area contributed by atoms with Crippen LogP contribution in [0.25, 0.3) is 0 Å². The Labute approximate surface area is 111 Å². The van der Waals surface area contributed by atoms with Crippen molar-refractivity contribution in [2.75, 3.05) is 13.7 Å². The monoisotopic (exact) mass is 258 g/mol. The van der Waals surface area contributed by atoms with Crippen LogP contribution in [0.4, 0.5) is 0 Å². The summed E-state index contributed by atoms with van der Waals surface area (Å²) in [4.78, 5) is 19.9. The van der Waals surface area contributed by atoms with E-state index in [-0.39, 0.29) is 12.6 Å². The second kappa shape index (κ2) is 6.49. The number of ether oxygens (including phenoxy) is 2. The minimum Gasteiger partial charge on any atom is -0.491 e. The van der Waals surface area contributed by atoms with Crippen molar-refractivity contribution >= 4 is 5.97 Å². The number of carbonyl (C=O) groups excluding carboxylic acids is 1. The normalized spacial score (nSPS) is 11.6. The Balaban J connectivity index is 2.09. The van der Waals surface area contributed by atoms with Crippen LogP contribution in [0.15, 0.2) is 48.9 Å². The Morgan fingerprint density at radius 3 is 2.79 bits per heavy atom. The van der Waals surface area contributed by atoms with Crippen molar-refractivity contribution < 1.29 is 14.3 Å². The van der Waals surface area contributed by atoms with Gasteiger partial charge in [-0.05, 0) is 24.3 Å². The van der Waals surface area contributed by atoms with Gasteiger partial charge >= 0.3 is 5.97 Å². The average molecular weight is 258 g/mol. The van der Waals surface area contributed by atoms with Crippen molar-refractivity contribution in [2.24, 2.45) is 0 Å². The molecule has 0 saturated heterocycles. The van der Waals surface area contributed by atoms with Crippen LogP contribution in [0.2, 0.25) is 0 Å². The van der Waals surface area contributed by atoms with Crippen LogP contribution in [0, 0.1) is 0 Å². The molecule has 0 spiro atoms. The first-order valence-corrected chi connectivity index (χ1v) is 5.83. The lowest BCUT2D eigenvalue weighted by atomic mass is 10.1. The maximum Gasteiger partial charge on any atom is 0.318 e. The van der Waals surface area contributed by atoms with Gasteiger partial charge in [0.05, 0.1) is 19.0 Å². The average Bonchev–Trinajstić information content (AvgIpc) is 2.49. The van der Waals surface area contributed by atoms with Crippen LogP contribution in [0.5, 0.6) is 5.75 Å². The number of carbonyl (C=O) groups is 1. The molecule has 0 aliphatic rings. The molecule has 0 aliphatic carbocycles. The highest BCUT2D eigenvalue weighted by molar-refractivity contribution is 5.77. The Bertz CT molecular complexity index is 517. The summed E-state index contributed by atoms with van der Waals surface area (Å²) in [6, 6.07) is 8.93. The van der Waals surface area contributed by atoms with E-state index in [1.807, 2.05) is 6.07 Å². The molecule has 98 valence electrons. The van der Waals surface area contributed by atoms with Gasteiger partial charge in [-0.3, -0.25) is 14.8 Å². The zero-order valence-electron chi connectivity index (χ0n) is 10.5. The largest absolute Gasteiger partial charge is 0.491 e. The molecule has 2 aromatic heterocycles. The number of rotatable bonds is 5. The van der Waals surface area contributed by atoms with Crippen LogP contribution < -0.4 is 4.74 Å². The van der Waals surface area contributed by atoms with E-state index in [0.717, 1.165) is 0 Å². The van der Waals surface area contributed by atoms with E-state index < -0.39 is 5.92 Å². The van der Waals surface area contributed by atoms with Gasteiger partial charge in [-0.15, -0.1) is 0 Å². The van der Waals surface area contributed by atoms with Crippen LogP contribution in [-0.2, 0) is 9.53 Å². The SMILES string of the molecule is COC(=O)C(COc1cccnc1)c1ccccn1. The number of esters is 1. The lowest BCUT2D eigenvalue weighted by Gasteiger charge is -2.14. The highest BCUT2D eigenvalue weighted by atomic mass is 16.5. The highest BCUT2D eigenvalue weighted by Gasteiger charge is 2.23. The number of nitrogens with zero attached hydrogens (tertiary/aromatic N) is 2. The van der Waals surface area contributed by atoms with E-state index in [0.29, 0.717) is 11.4 Å². The number of hydrogen-bond acceptors (Lipinski definition) is 5. The maximum absolute atomic E-state index is 11.8. The molecule has 0 N–H and O–H groups in total. The molecule has 0 radical (unpaired) electrons. The summed E-state index contributed by atoms with van der Waals surface area (Å²) in [5, 5.41) is 0. The Morgan fingerprint density at radius 1 is 1.26 bits per heavy atom. The van der Waals surface area contributed by atoms with E-state index in [2.05, 4.69) is 9.97 Å². The van der Waals surface area contributed by atoms with E-state index in [9.17, 15) is 4.79 Å². The molecule has 5 heteroatoms. The molecular formula is C14H14N2O3. The smallest absolute Gasteiger partial charge is 0.318 e. The molecule has 0 aliphatic heterocycles. The zero-order valence-corrected chi connectivity index (χ0v) is 10.5. The molecule has 2 heterocycles. The molecule has 1 unspecified atom stereocenters. The number of aromatic nitrogens is 2. The van der Waals surface area contributed by atoms with Gasteiger partial charge in [0.2, 0.25) is 0 Å². The van der Waals surface area contributed by atoms with Crippen LogP contribution >= 0.6 is 0 Å². The molecule has 19 heavy (non-hydrogen) atoms. The third-order valence-corrected chi connectivity index (χ3v) is 2.58. The van der Waals surface area contributed by atoms with Gasteiger partial charge in [-0.1, -0.05) is 6.07 Å². The highest BCUT2D eigenvalue weighted by Crippen LogP contribution is 2.17. The van der Waals surface area contributed by atoms with E-state index in [4.69, 9.17) is 9.47 Å². The minimum absolute atomic E-state index is 0.162. The molecular weight excluding hydrogens is 244 g/mol. The molecule has 0 bridgehead atoms. The predicted molar refractivity (Wildman–Crippen MR) is 68.7 cm³/mol. The number of pyridine rings is 2. The fourth-order valence-corrected chi connectivity index (χ4v) is 1.61. The Kier molecular flexibility index (Phi) is 4.44. The van der Waals surface area contributed by atoms with E-state index in [1.54, 1.807) is 42.9 Å². The number of hydrogen-bond donors (Lipinski definition) is 0. The van der Waals surface area contributed by atoms with Crippen molar-refractivity contribution in [2.45, 2.75) is 5.92 Å². The van der Waals surface area contributed by atoms with Crippen LogP contribution in [0.1, 0.15) is 11.6 Å². The minimum atomic E-state index is -0.550. The lowest BCUT2D eigenvalue weighted by Crippen LogP contribution is -2.22. The summed E-state index contributed by atoms with van der Waals surface area (Å²) < 4.78 is 10.3. The van der Waals surface area contributed by atoms with Crippen molar-refractivity contribution in [1.82, 2.24) is 9.97 Å². The molecule has 0 aromatic carbocycles. The Morgan fingerprint density at radius 2 is 2.16 bits per heavy atom. The molecule has 0 amide bonds. The summed E-state index contributed by atoms with van der Waals surface area (Å²) in [5.41, 5.74) is 0.623. The molecule has 1 atom stereocenters. The molecule has 0 fully saturated rings. The molecule has 0 saturated carbocycles. The first-order chi connectivity index (χ1) is 9.31. The summed E-state index contributed by atoms with van der Waals surface area (Å²) in [7, 11) is 1.35. The van der Waals surface area contributed by atoms with Gasteiger partial charge in [-0.2, -0.15) is 0 Å². The standard InChI is InChI=1S/C14H14N2O3/c1-18-14(17)12(13-6-2-3-8-16-13)10-19-11-5-4-7-15-9-11/h2-9,12H,10H2,1H3. The van der Waals surface area contributed by atoms with Gasteiger partial charge in [0.15, 0.2) is 0 Å². The molecule has 5 nitrogen and oxygen atoms in total. The zero-order chi connectivity index (χ0) is 13.5. The van der Waals surface area contributed by atoms with E-state index >= 15 is 0 Å². The van der Waals surface area contributed by atoms with Crippen molar-refractivity contribution in [1.29, 1.82) is 0 Å². The molecule has 2 aromatic rings. The van der Waals surface area contributed by atoms with Gasteiger partial charge in [0, 0.05) is 12.4 Å². The fourth-order valence-electron chi connectivity index (χ4n) is 1.61. The first-order valence-electron chi connectivity index (χ1n) is 5.83. The van der Waals surface area contributed by atoms with Gasteiger partial charge in [-0.25, -0.2) is 0 Å². The van der Waals surface area contributed by atoms with Gasteiger partial charge in [0.25, 0.3) is 0 Å². The summed E-state index contributed by atoms with van der Waals surface area (Å²) in [6.45, 7) is 0.162. The topological polar surface area (TPSA) is 61.3 Å². The Hall–Kier alpha value is -2.43. The summed E-state index contributed by atoms with van der Waals surface area (Å²) in [5.74, 6) is -0.318. The van der Waals surface area contributed by atoms with Gasteiger partial charge < -0.3 is 9.47 Å². The number of methoxy groups -OCH3 is 1. The first kappa shape index (κ1) is 13.0. The second-order valence-corrected chi connectivity index (χ2v) is 3.83. The van der Waals surface area contributed by atoms with Gasteiger partial charge in [0.1, 0.15) is 18.3 Å². The summed E-state index contributed by atoms with van der Waals surface area (Å²) in [6.07, 6.45) is 4.88. The lowest BCUT2D eigenvalue weighted by molar-refractivity contribution is -0.143. The quantitative estimate of drug-likeness (QED) is 0.765. The van der Waals surface area contributed by atoms with Crippen LogP contribution in [0.3, 0.4) is 0 Å². The maximum atomic E-state index is 11.8. The fraction of sp³-hybridized carbons (Fsp3) is 0.214. The third kappa shape index (κ3) is 3.51. The van der Waals surface area contributed by atoms with Crippen molar-refractivity contribution in [3.05, 3.63) is 54.6 Å². The van der Waals surface area contributed by atoms with Crippen molar-refractivity contribution in [3.63, 3.8) is 0 Å². The van der Waals surface area contributed by atoms with Crippen molar-refractivity contribution in [3.8, 4) is 5.75 Å². The second-order valence-electron chi connectivity index (χ2n) is 3.83. The van der Waals surface area contributed by atoms with E-state index in [1.165, 1.54) is 7.11 Å². The molecule has 2 rings (SSSR count). The summed E-state index contributed by atoms with van der Waals surface area (Å²) >= 11 is 0. The third-order valence-electron chi connectivity index (χ3n) is 2.58. The predicted octanol–water partition coefficient (Wildman–Crippen LogP) is 1.81.